The van der Waals surface area contributed by atoms with Gasteiger partial charge in [-0.2, -0.15) is 5.10 Å². The number of hydrogen-bond donors (Lipinski definition) is 1. The zero-order valence-electron chi connectivity index (χ0n) is 18.4. The van der Waals surface area contributed by atoms with Crippen molar-refractivity contribution in [2.45, 2.75) is 32.4 Å². The number of benzene rings is 2. The van der Waals surface area contributed by atoms with Gasteiger partial charge in [-0.1, -0.05) is 43.3 Å². The van der Waals surface area contributed by atoms with Crippen LogP contribution in [0, 0.1) is 5.82 Å². The molecule has 0 aliphatic rings. The molecule has 0 radical (unpaired) electrons. The van der Waals surface area contributed by atoms with E-state index in [2.05, 4.69) is 18.4 Å². The first-order valence-electron chi connectivity index (χ1n) is 10.5. The van der Waals surface area contributed by atoms with Crippen LogP contribution in [0.4, 0.5) is 4.39 Å². The molecule has 164 valence electrons. The number of aliphatic hydroxyl groups is 1. The Morgan fingerprint density at radius 1 is 1.19 bits per heavy atom. The summed E-state index contributed by atoms with van der Waals surface area (Å²) in [6.07, 6.45) is 2.50. The normalized spacial score (nSPS) is 13.2. The van der Waals surface area contributed by atoms with Crippen LogP contribution in [0.5, 0.6) is 11.6 Å². The fourth-order valence-electron chi connectivity index (χ4n) is 3.54. The molecule has 0 aliphatic heterocycles. The lowest BCUT2D eigenvalue weighted by Gasteiger charge is -2.29. The Bertz CT molecular complexity index is 998. The maximum absolute atomic E-state index is 13.3. The SMILES string of the molecule is C=C[C@@](C)(O)CN(CCC)Cc1c(-c2ccccc2)nn(C)c1Oc1ccc(F)cc1. The summed E-state index contributed by atoms with van der Waals surface area (Å²) in [7, 11) is 1.83. The van der Waals surface area contributed by atoms with Crippen molar-refractivity contribution in [1.82, 2.24) is 14.7 Å². The Morgan fingerprint density at radius 3 is 2.48 bits per heavy atom. The van der Waals surface area contributed by atoms with Gasteiger partial charge in [0.15, 0.2) is 0 Å². The quantitative estimate of drug-likeness (QED) is 0.457. The second-order valence-electron chi connectivity index (χ2n) is 7.95. The second kappa shape index (κ2) is 9.90. The van der Waals surface area contributed by atoms with Crippen molar-refractivity contribution in [3.8, 4) is 22.9 Å². The maximum Gasteiger partial charge on any atom is 0.222 e. The fourth-order valence-corrected chi connectivity index (χ4v) is 3.54. The summed E-state index contributed by atoms with van der Waals surface area (Å²) in [5, 5.41) is 15.3. The highest BCUT2D eigenvalue weighted by molar-refractivity contribution is 5.65. The Kier molecular flexibility index (Phi) is 7.25. The highest BCUT2D eigenvalue weighted by atomic mass is 19.1. The van der Waals surface area contributed by atoms with Crippen LogP contribution >= 0.6 is 0 Å². The first kappa shape index (κ1) is 22.7. The van der Waals surface area contributed by atoms with Gasteiger partial charge in [0.1, 0.15) is 17.3 Å². The van der Waals surface area contributed by atoms with E-state index < -0.39 is 5.60 Å². The smallest absolute Gasteiger partial charge is 0.222 e. The van der Waals surface area contributed by atoms with Crippen LogP contribution in [0.15, 0.2) is 67.3 Å². The molecule has 0 saturated carbocycles. The summed E-state index contributed by atoms with van der Waals surface area (Å²) in [6.45, 7) is 9.37. The second-order valence-corrected chi connectivity index (χ2v) is 7.95. The van der Waals surface area contributed by atoms with Gasteiger partial charge in [0.25, 0.3) is 0 Å². The van der Waals surface area contributed by atoms with Gasteiger partial charge in [-0.3, -0.25) is 4.90 Å². The van der Waals surface area contributed by atoms with Gasteiger partial charge in [0, 0.05) is 25.7 Å². The lowest BCUT2D eigenvalue weighted by molar-refractivity contribution is 0.0585. The van der Waals surface area contributed by atoms with Crippen LogP contribution in [0.3, 0.4) is 0 Å². The van der Waals surface area contributed by atoms with Crippen LogP contribution in [0.1, 0.15) is 25.8 Å². The summed E-state index contributed by atoms with van der Waals surface area (Å²) in [5.74, 6) is 0.804. The molecule has 3 aromatic rings. The number of nitrogens with zero attached hydrogens (tertiary/aromatic N) is 3. The predicted octanol–water partition coefficient (Wildman–Crippen LogP) is 5.17. The summed E-state index contributed by atoms with van der Waals surface area (Å²) in [6, 6.07) is 15.9. The Balaban J connectivity index is 2.03. The zero-order chi connectivity index (χ0) is 22.4. The van der Waals surface area contributed by atoms with Gasteiger partial charge >= 0.3 is 0 Å². The van der Waals surface area contributed by atoms with Crippen molar-refractivity contribution in [2.24, 2.45) is 7.05 Å². The number of rotatable bonds is 10. The van der Waals surface area contributed by atoms with Crippen LogP contribution < -0.4 is 4.74 Å². The molecule has 0 spiro atoms. The number of halogens is 1. The molecule has 1 heterocycles. The van der Waals surface area contributed by atoms with Crippen LogP contribution in [-0.4, -0.2) is 38.5 Å². The average molecular weight is 424 g/mol. The Labute approximate surface area is 183 Å². The molecule has 0 bridgehead atoms. The third-order valence-electron chi connectivity index (χ3n) is 5.07. The molecule has 1 aromatic heterocycles. The molecule has 6 heteroatoms. The minimum Gasteiger partial charge on any atom is -0.439 e. The van der Waals surface area contributed by atoms with Gasteiger partial charge < -0.3 is 9.84 Å². The van der Waals surface area contributed by atoms with Crippen molar-refractivity contribution in [3.05, 3.63) is 78.6 Å². The molecule has 0 unspecified atom stereocenters. The average Bonchev–Trinajstić information content (AvgIpc) is 3.05. The van der Waals surface area contributed by atoms with Crippen molar-refractivity contribution in [3.63, 3.8) is 0 Å². The van der Waals surface area contributed by atoms with E-state index in [9.17, 15) is 9.50 Å². The lowest BCUT2D eigenvalue weighted by atomic mass is 10.0. The van der Waals surface area contributed by atoms with E-state index in [1.807, 2.05) is 37.4 Å². The molecular weight excluding hydrogens is 393 g/mol. The monoisotopic (exact) mass is 423 g/mol. The molecule has 3 rings (SSSR count). The van der Waals surface area contributed by atoms with E-state index in [-0.39, 0.29) is 5.82 Å². The molecule has 0 saturated heterocycles. The molecule has 2 aromatic carbocycles. The van der Waals surface area contributed by atoms with Gasteiger partial charge in [-0.05, 0) is 44.2 Å². The lowest BCUT2D eigenvalue weighted by Crippen LogP contribution is -2.39. The van der Waals surface area contributed by atoms with E-state index in [4.69, 9.17) is 9.84 Å². The first-order chi connectivity index (χ1) is 14.8. The summed E-state index contributed by atoms with van der Waals surface area (Å²) in [4.78, 5) is 2.17. The van der Waals surface area contributed by atoms with Crippen LogP contribution in [0.2, 0.25) is 0 Å². The standard InChI is InChI=1S/C25H30FN3O2/c1-5-16-29(18-25(3,30)6-2)17-22-23(19-10-8-7-9-11-19)27-28(4)24(22)31-21-14-12-20(26)13-15-21/h6-15,30H,2,5,16-18H2,1,3-4H3/t25-/m1/s1. The maximum atomic E-state index is 13.3. The molecular formula is C25H30FN3O2. The molecule has 31 heavy (non-hydrogen) atoms. The topological polar surface area (TPSA) is 50.5 Å². The molecule has 0 aliphatic carbocycles. The third-order valence-corrected chi connectivity index (χ3v) is 5.07. The minimum atomic E-state index is -1.01. The van der Waals surface area contributed by atoms with Crippen LogP contribution in [-0.2, 0) is 13.6 Å². The van der Waals surface area contributed by atoms with E-state index in [1.54, 1.807) is 29.8 Å². The Hall–Kier alpha value is -2.96. The highest BCUT2D eigenvalue weighted by Gasteiger charge is 2.25. The van der Waals surface area contributed by atoms with Gasteiger partial charge in [-0.25, -0.2) is 9.07 Å². The summed E-state index contributed by atoms with van der Waals surface area (Å²) >= 11 is 0. The highest BCUT2D eigenvalue weighted by Crippen LogP contribution is 2.34. The number of aryl methyl sites for hydroxylation is 1. The molecule has 1 N–H and O–H groups in total. The van der Waals surface area contributed by atoms with Crippen LogP contribution in [0.25, 0.3) is 11.3 Å². The van der Waals surface area contributed by atoms with Crippen molar-refractivity contribution in [1.29, 1.82) is 0 Å². The third kappa shape index (κ3) is 5.81. The zero-order valence-corrected chi connectivity index (χ0v) is 18.4. The van der Waals surface area contributed by atoms with E-state index >= 15 is 0 Å². The molecule has 5 nitrogen and oxygen atoms in total. The molecule has 0 fully saturated rings. The number of hydrogen-bond acceptors (Lipinski definition) is 4. The van der Waals surface area contributed by atoms with E-state index in [1.165, 1.54) is 12.1 Å². The molecule has 1 atom stereocenters. The largest absolute Gasteiger partial charge is 0.439 e. The van der Waals surface area contributed by atoms with Crippen molar-refractivity contribution in [2.75, 3.05) is 13.1 Å². The van der Waals surface area contributed by atoms with Crippen molar-refractivity contribution >= 4 is 0 Å². The predicted molar refractivity (Wildman–Crippen MR) is 122 cm³/mol. The minimum absolute atomic E-state index is 0.316. The fraction of sp³-hybridized carbons (Fsp3) is 0.320. The van der Waals surface area contributed by atoms with Crippen molar-refractivity contribution < 1.29 is 14.2 Å². The number of aromatic nitrogens is 2. The first-order valence-corrected chi connectivity index (χ1v) is 10.5. The van der Waals surface area contributed by atoms with E-state index in [0.717, 1.165) is 29.8 Å². The number of ether oxygens (including phenoxy) is 1. The van der Waals surface area contributed by atoms with Gasteiger partial charge in [0.2, 0.25) is 5.88 Å². The summed E-state index contributed by atoms with van der Waals surface area (Å²) in [5.41, 5.74) is 1.70. The molecule has 0 amide bonds. The Morgan fingerprint density at radius 2 is 1.87 bits per heavy atom. The van der Waals surface area contributed by atoms with Gasteiger partial charge in [0.05, 0.1) is 11.2 Å². The summed E-state index contributed by atoms with van der Waals surface area (Å²) < 4.78 is 21.2. The van der Waals surface area contributed by atoms with E-state index in [0.29, 0.717) is 24.7 Å². The van der Waals surface area contributed by atoms with Gasteiger partial charge in [-0.15, -0.1) is 6.58 Å².